The molecule has 34 heavy (non-hydrogen) atoms. The minimum atomic E-state index is -4.64. The molecule has 0 spiro atoms. The van der Waals surface area contributed by atoms with Gasteiger partial charge in [-0.05, 0) is 41.5 Å². The summed E-state index contributed by atoms with van der Waals surface area (Å²) in [6.07, 6.45) is -4.11. The predicted octanol–water partition coefficient (Wildman–Crippen LogP) is 4.16. The topological polar surface area (TPSA) is 39.2 Å². The van der Waals surface area contributed by atoms with Crippen molar-refractivity contribution >= 4 is 11.9 Å². The van der Waals surface area contributed by atoms with Crippen LogP contribution in [0.15, 0.2) is 58.7 Å². The van der Waals surface area contributed by atoms with E-state index in [-0.39, 0.29) is 36.9 Å². The molecule has 2 aromatic carbocycles. The minimum absolute atomic E-state index is 0.0871. The van der Waals surface area contributed by atoms with E-state index in [4.69, 9.17) is 0 Å². The van der Waals surface area contributed by atoms with E-state index in [1.807, 2.05) is 9.80 Å². The van der Waals surface area contributed by atoms with Gasteiger partial charge in [0, 0.05) is 38.3 Å². The number of alkyl halides is 3. The summed E-state index contributed by atoms with van der Waals surface area (Å²) in [5, 5.41) is 0. The number of rotatable bonds is 4. The lowest BCUT2D eigenvalue weighted by Crippen LogP contribution is -2.53. The zero-order valence-corrected chi connectivity index (χ0v) is 18.1. The molecule has 5 nitrogen and oxygen atoms in total. The van der Waals surface area contributed by atoms with Crippen molar-refractivity contribution in [3.8, 4) is 0 Å². The third-order valence-corrected chi connectivity index (χ3v) is 6.23. The molecule has 0 N–H and O–H groups in total. The second-order valence-electron chi connectivity index (χ2n) is 8.58. The maximum Gasteiger partial charge on any atom is 0.416 e. The molecule has 0 aliphatic carbocycles. The highest BCUT2D eigenvalue weighted by molar-refractivity contribution is 6.09. The number of nitrogens with zero attached hydrogens (tertiary/aromatic N) is 4. The van der Waals surface area contributed by atoms with Gasteiger partial charge in [0.15, 0.2) is 0 Å². The first-order valence-electron chi connectivity index (χ1n) is 10.9. The summed E-state index contributed by atoms with van der Waals surface area (Å²) < 4.78 is 66.4. The molecule has 0 atom stereocenters. The number of hydrogen-bond donors (Lipinski definition) is 0. The SMILES string of the molecule is O=C1C2=C(CCN(Cc3cc(F)cc(C(F)(F)F)c3)C2)N2CCN=C2N1Cc1ccc(F)cc1. The van der Waals surface area contributed by atoms with E-state index >= 15 is 0 Å². The number of hydrogen-bond acceptors (Lipinski definition) is 4. The van der Waals surface area contributed by atoms with Gasteiger partial charge < -0.3 is 4.90 Å². The van der Waals surface area contributed by atoms with E-state index in [9.17, 15) is 26.7 Å². The summed E-state index contributed by atoms with van der Waals surface area (Å²) in [7, 11) is 0. The number of halogens is 5. The minimum Gasteiger partial charge on any atom is -0.314 e. The van der Waals surface area contributed by atoms with Crippen molar-refractivity contribution in [3.63, 3.8) is 0 Å². The number of aliphatic imine (C=N–C) groups is 1. The largest absolute Gasteiger partial charge is 0.416 e. The molecular weight excluding hydrogens is 455 g/mol. The van der Waals surface area contributed by atoms with Crippen molar-refractivity contribution in [2.45, 2.75) is 25.7 Å². The maximum absolute atomic E-state index is 13.8. The van der Waals surface area contributed by atoms with Gasteiger partial charge in [0.1, 0.15) is 11.6 Å². The van der Waals surface area contributed by atoms with Crippen molar-refractivity contribution in [2.24, 2.45) is 4.99 Å². The van der Waals surface area contributed by atoms with Crippen LogP contribution < -0.4 is 0 Å². The van der Waals surface area contributed by atoms with Crippen molar-refractivity contribution < 1.29 is 26.7 Å². The lowest BCUT2D eigenvalue weighted by Gasteiger charge is -2.42. The Bertz CT molecular complexity index is 1190. The third-order valence-electron chi connectivity index (χ3n) is 6.23. The quantitative estimate of drug-likeness (QED) is 0.623. The Balaban J connectivity index is 1.38. The molecule has 178 valence electrons. The van der Waals surface area contributed by atoms with Crippen LogP contribution in [0.25, 0.3) is 0 Å². The molecular formula is C24H21F5N4O. The maximum atomic E-state index is 13.8. The van der Waals surface area contributed by atoms with Crippen LogP contribution in [-0.4, -0.2) is 52.7 Å². The fourth-order valence-corrected chi connectivity index (χ4v) is 4.69. The fourth-order valence-electron chi connectivity index (χ4n) is 4.69. The molecule has 1 amide bonds. The van der Waals surface area contributed by atoms with Crippen LogP contribution >= 0.6 is 0 Å². The van der Waals surface area contributed by atoms with Crippen LogP contribution in [0.2, 0.25) is 0 Å². The Labute approximate surface area is 192 Å². The van der Waals surface area contributed by atoms with Crippen molar-refractivity contribution in [3.05, 3.63) is 82.1 Å². The van der Waals surface area contributed by atoms with Crippen LogP contribution in [0.3, 0.4) is 0 Å². The molecule has 0 fully saturated rings. The molecule has 0 bridgehead atoms. The summed E-state index contributed by atoms with van der Waals surface area (Å²) in [6, 6.07) is 8.41. The van der Waals surface area contributed by atoms with Crippen LogP contribution in [0.4, 0.5) is 22.0 Å². The molecule has 0 aromatic heterocycles. The molecule has 0 radical (unpaired) electrons. The molecule has 0 unspecified atom stereocenters. The molecule has 5 rings (SSSR count). The smallest absolute Gasteiger partial charge is 0.314 e. The number of amides is 1. The summed E-state index contributed by atoms with van der Waals surface area (Å²) in [5.41, 5.74) is 1.35. The van der Waals surface area contributed by atoms with Gasteiger partial charge in [-0.1, -0.05) is 12.1 Å². The fraction of sp³-hybridized carbons (Fsp3) is 0.333. The van der Waals surface area contributed by atoms with E-state index in [1.165, 1.54) is 12.1 Å². The second kappa shape index (κ2) is 8.50. The molecule has 2 aromatic rings. The summed E-state index contributed by atoms with van der Waals surface area (Å²) in [6.45, 7) is 2.25. The highest BCUT2D eigenvalue weighted by atomic mass is 19.4. The average Bonchev–Trinajstić information content (AvgIpc) is 3.27. The Morgan fingerprint density at radius 3 is 2.41 bits per heavy atom. The molecule has 0 saturated carbocycles. The standard InChI is InChI=1S/C24H21F5N4O/c25-18-3-1-15(2-4-18)13-33-22(34)20-14-31(7-5-21(20)32-8-6-30-23(32)33)12-16-9-17(24(27,28)29)11-19(26)10-16/h1-4,9-11H,5-8,12-14H2. The van der Waals surface area contributed by atoms with Gasteiger partial charge in [-0.25, -0.2) is 8.78 Å². The van der Waals surface area contributed by atoms with Crippen molar-refractivity contribution in [2.75, 3.05) is 26.2 Å². The first-order chi connectivity index (χ1) is 16.2. The van der Waals surface area contributed by atoms with E-state index in [0.717, 1.165) is 23.4 Å². The van der Waals surface area contributed by atoms with E-state index in [2.05, 4.69) is 4.99 Å². The zero-order valence-electron chi connectivity index (χ0n) is 18.1. The molecule has 3 heterocycles. The molecule has 0 saturated heterocycles. The van der Waals surface area contributed by atoms with E-state index in [1.54, 1.807) is 17.0 Å². The van der Waals surface area contributed by atoms with Crippen LogP contribution in [0.5, 0.6) is 0 Å². The Morgan fingerprint density at radius 1 is 0.912 bits per heavy atom. The second-order valence-corrected chi connectivity index (χ2v) is 8.58. The van der Waals surface area contributed by atoms with Crippen molar-refractivity contribution in [1.29, 1.82) is 0 Å². The summed E-state index contributed by atoms with van der Waals surface area (Å²) in [4.78, 5) is 23.4. The van der Waals surface area contributed by atoms with Gasteiger partial charge in [0.2, 0.25) is 5.96 Å². The lowest BCUT2D eigenvalue weighted by atomic mass is 9.99. The molecule has 3 aliphatic heterocycles. The first kappa shape index (κ1) is 22.5. The number of carbonyl (C=O) groups excluding carboxylic acids is 1. The number of carbonyl (C=O) groups is 1. The van der Waals surface area contributed by atoms with Gasteiger partial charge in [-0.15, -0.1) is 0 Å². The van der Waals surface area contributed by atoms with Crippen molar-refractivity contribution in [1.82, 2.24) is 14.7 Å². The Morgan fingerprint density at radius 2 is 1.68 bits per heavy atom. The molecule has 10 heteroatoms. The van der Waals surface area contributed by atoms with Crippen LogP contribution in [0, 0.1) is 11.6 Å². The normalized spacial score (nSPS) is 18.9. The monoisotopic (exact) mass is 476 g/mol. The average molecular weight is 476 g/mol. The van der Waals surface area contributed by atoms with Crippen LogP contribution in [-0.2, 0) is 24.1 Å². The summed E-state index contributed by atoms with van der Waals surface area (Å²) >= 11 is 0. The third kappa shape index (κ3) is 4.29. The van der Waals surface area contributed by atoms with Gasteiger partial charge in [0.25, 0.3) is 5.91 Å². The first-order valence-corrected chi connectivity index (χ1v) is 10.9. The van der Waals surface area contributed by atoms with E-state index < -0.39 is 17.6 Å². The highest BCUT2D eigenvalue weighted by Crippen LogP contribution is 2.34. The molecule has 3 aliphatic rings. The van der Waals surface area contributed by atoms with Crippen LogP contribution in [0.1, 0.15) is 23.1 Å². The number of fused-ring (bicyclic) bond motifs is 2. The van der Waals surface area contributed by atoms with Gasteiger partial charge in [0.05, 0.1) is 24.2 Å². The lowest BCUT2D eigenvalue weighted by molar-refractivity contribution is -0.137. The number of benzene rings is 2. The Hall–Kier alpha value is -3.27. The van der Waals surface area contributed by atoms with Gasteiger partial charge in [-0.3, -0.25) is 19.6 Å². The van der Waals surface area contributed by atoms with E-state index in [0.29, 0.717) is 43.7 Å². The zero-order chi connectivity index (χ0) is 24.0. The summed E-state index contributed by atoms with van der Waals surface area (Å²) in [5.74, 6) is -0.969. The number of guanidine groups is 1. The van der Waals surface area contributed by atoms with Gasteiger partial charge in [-0.2, -0.15) is 13.2 Å². The highest BCUT2D eigenvalue weighted by Gasteiger charge is 2.41. The predicted molar refractivity (Wildman–Crippen MR) is 114 cm³/mol. The Kier molecular flexibility index (Phi) is 5.63. The van der Waals surface area contributed by atoms with Gasteiger partial charge >= 0.3 is 6.18 Å².